The first-order valence-electron chi connectivity index (χ1n) is 8.76. The number of amides is 1. The number of rotatable bonds is 7. The second kappa shape index (κ2) is 8.47. The first-order valence-corrected chi connectivity index (χ1v) is 8.76. The Morgan fingerprint density at radius 2 is 1.97 bits per heavy atom. The lowest BCUT2D eigenvalue weighted by molar-refractivity contribution is 0.0696. The number of carboxylic acid groups (broad SMARTS) is 1. The summed E-state index contributed by atoms with van der Waals surface area (Å²) in [6, 6.07) is 10.8. The van der Waals surface area contributed by atoms with Crippen LogP contribution in [-0.4, -0.2) is 29.2 Å². The minimum absolute atomic E-state index is 0.0763. The first-order chi connectivity index (χ1) is 13.9. The van der Waals surface area contributed by atoms with Gasteiger partial charge in [0.05, 0.1) is 29.5 Å². The van der Waals surface area contributed by atoms with Gasteiger partial charge in [-0.2, -0.15) is 0 Å². The van der Waals surface area contributed by atoms with Crippen molar-refractivity contribution < 1.29 is 28.7 Å². The smallest absolute Gasteiger partial charge is 0.335 e. The van der Waals surface area contributed by atoms with E-state index in [-0.39, 0.29) is 17.7 Å². The summed E-state index contributed by atoms with van der Waals surface area (Å²) in [5.74, 6) is -0.0284. The standard InChI is InChI=1S/C21H20N2O6/c1-12-18(13(2)29-23-12)11-28-19-10-16(27-3)7-8-17(19)20(24)22-15-6-4-5-14(9-15)21(25)26/h4-10H,11H2,1-3H3,(H,22,24)(H,25,26). The van der Waals surface area contributed by atoms with Gasteiger partial charge in [-0.1, -0.05) is 11.2 Å². The van der Waals surface area contributed by atoms with E-state index in [4.69, 9.17) is 19.1 Å². The maximum absolute atomic E-state index is 12.8. The van der Waals surface area contributed by atoms with Gasteiger partial charge in [0, 0.05) is 11.8 Å². The van der Waals surface area contributed by atoms with Gasteiger partial charge in [-0.15, -0.1) is 0 Å². The fourth-order valence-corrected chi connectivity index (χ4v) is 2.72. The van der Waals surface area contributed by atoms with Crippen LogP contribution in [0.25, 0.3) is 0 Å². The minimum atomic E-state index is -1.07. The van der Waals surface area contributed by atoms with Gasteiger partial charge in [-0.05, 0) is 44.2 Å². The van der Waals surface area contributed by atoms with E-state index in [1.165, 1.54) is 19.2 Å². The van der Waals surface area contributed by atoms with E-state index < -0.39 is 11.9 Å². The predicted octanol–water partition coefficient (Wildman–Crippen LogP) is 3.83. The van der Waals surface area contributed by atoms with Crippen molar-refractivity contribution in [1.82, 2.24) is 5.16 Å². The monoisotopic (exact) mass is 396 g/mol. The molecule has 8 heteroatoms. The van der Waals surface area contributed by atoms with Crippen LogP contribution in [0, 0.1) is 13.8 Å². The van der Waals surface area contributed by atoms with Crippen molar-refractivity contribution in [1.29, 1.82) is 0 Å². The zero-order valence-corrected chi connectivity index (χ0v) is 16.2. The molecule has 0 radical (unpaired) electrons. The molecule has 0 unspecified atom stereocenters. The summed E-state index contributed by atoms with van der Waals surface area (Å²) in [5.41, 5.74) is 2.23. The van der Waals surface area contributed by atoms with Crippen molar-refractivity contribution in [2.24, 2.45) is 0 Å². The van der Waals surface area contributed by atoms with Gasteiger partial charge in [-0.25, -0.2) is 4.79 Å². The number of benzene rings is 2. The molecule has 3 rings (SSSR count). The topological polar surface area (TPSA) is 111 Å². The number of carbonyl (C=O) groups is 2. The lowest BCUT2D eigenvalue weighted by Crippen LogP contribution is -2.14. The SMILES string of the molecule is COc1ccc(C(=O)Nc2cccc(C(=O)O)c2)c(OCc2c(C)noc2C)c1. The third-order valence-electron chi connectivity index (χ3n) is 4.35. The van der Waals surface area contributed by atoms with Crippen molar-refractivity contribution in [3.63, 3.8) is 0 Å². The molecule has 0 aliphatic heterocycles. The highest BCUT2D eigenvalue weighted by molar-refractivity contribution is 6.06. The molecule has 1 aromatic heterocycles. The number of aromatic carboxylic acids is 1. The lowest BCUT2D eigenvalue weighted by atomic mass is 10.1. The Balaban J connectivity index is 1.85. The summed E-state index contributed by atoms with van der Waals surface area (Å²) in [4.78, 5) is 23.9. The van der Waals surface area contributed by atoms with Gasteiger partial charge in [0.15, 0.2) is 0 Å². The summed E-state index contributed by atoms with van der Waals surface area (Å²) < 4.78 is 16.2. The van der Waals surface area contributed by atoms with Crippen molar-refractivity contribution >= 4 is 17.6 Å². The maximum atomic E-state index is 12.8. The summed E-state index contributed by atoms with van der Waals surface area (Å²) in [7, 11) is 1.52. The third kappa shape index (κ3) is 4.55. The number of aromatic nitrogens is 1. The number of ether oxygens (including phenoxy) is 2. The van der Waals surface area contributed by atoms with E-state index in [2.05, 4.69) is 10.5 Å². The molecule has 8 nitrogen and oxygen atoms in total. The quantitative estimate of drug-likeness (QED) is 0.624. The molecule has 0 saturated carbocycles. The minimum Gasteiger partial charge on any atom is -0.497 e. The molecular formula is C21H20N2O6. The van der Waals surface area contributed by atoms with Gasteiger partial charge in [0.2, 0.25) is 0 Å². The molecule has 0 spiro atoms. The van der Waals surface area contributed by atoms with E-state index in [1.54, 1.807) is 37.3 Å². The Hall–Kier alpha value is -3.81. The fourth-order valence-electron chi connectivity index (χ4n) is 2.72. The largest absolute Gasteiger partial charge is 0.497 e. The average Bonchev–Trinajstić information content (AvgIpc) is 3.03. The molecule has 150 valence electrons. The van der Waals surface area contributed by atoms with E-state index in [9.17, 15) is 9.59 Å². The van der Waals surface area contributed by atoms with Crippen LogP contribution < -0.4 is 14.8 Å². The van der Waals surface area contributed by atoms with Gasteiger partial charge >= 0.3 is 5.97 Å². The van der Waals surface area contributed by atoms with Crippen molar-refractivity contribution in [2.75, 3.05) is 12.4 Å². The molecule has 1 amide bonds. The highest BCUT2D eigenvalue weighted by Gasteiger charge is 2.17. The van der Waals surface area contributed by atoms with Crippen LogP contribution >= 0.6 is 0 Å². The number of nitrogens with zero attached hydrogens (tertiary/aromatic N) is 1. The van der Waals surface area contributed by atoms with Crippen LogP contribution in [0.5, 0.6) is 11.5 Å². The molecular weight excluding hydrogens is 376 g/mol. The molecule has 0 aliphatic rings. The first kappa shape index (κ1) is 19.9. The number of hydrogen-bond donors (Lipinski definition) is 2. The summed E-state index contributed by atoms with van der Waals surface area (Å²) in [6.07, 6.45) is 0. The van der Waals surface area contributed by atoms with Gasteiger partial charge in [0.1, 0.15) is 23.9 Å². The highest BCUT2D eigenvalue weighted by Crippen LogP contribution is 2.27. The fraction of sp³-hybridized carbons (Fsp3) is 0.190. The van der Waals surface area contributed by atoms with Crippen LogP contribution in [0.2, 0.25) is 0 Å². The zero-order chi connectivity index (χ0) is 21.0. The van der Waals surface area contributed by atoms with Crippen LogP contribution in [0.1, 0.15) is 37.7 Å². The van der Waals surface area contributed by atoms with Crippen molar-refractivity contribution in [3.8, 4) is 11.5 Å². The molecule has 0 fully saturated rings. The average molecular weight is 396 g/mol. The molecule has 0 saturated heterocycles. The van der Waals surface area contributed by atoms with Gasteiger partial charge < -0.3 is 24.4 Å². The summed E-state index contributed by atoms with van der Waals surface area (Å²) in [5, 5.41) is 15.7. The maximum Gasteiger partial charge on any atom is 0.335 e. The number of hydrogen-bond acceptors (Lipinski definition) is 6. The number of carbonyl (C=O) groups excluding carboxylic acids is 1. The van der Waals surface area contributed by atoms with Crippen molar-refractivity contribution in [3.05, 3.63) is 70.6 Å². The predicted molar refractivity (Wildman–Crippen MR) is 105 cm³/mol. The van der Waals surface area contributed by atoms with Crippen LogP contribution in [0.3, 0.4) is 0 Å². The molecule has 0 aliphatic carbocycles. The molecule has 2 aromatic carbocycles. The molecule has 2 N–H and O–H groups in total. The Morgan fingerprint density at radius 3 is 2.62 bits per heavy atom. The van der Waals surface area contributed by atoms with Crippen molar-refractivity contribution in [2.45, 2.75) is 20.5 Å². The number of carboxylic acids is 1. The zero-order valence-electron chi connectivity index (χ0n) is 16.2. The van der Waals surface area contributed by atoms with E-state index >= 15 is 0 Å². The molecule has 0 bridgehead atoms. The highest BCUT2D eigenvalue weighted by atomic mass is 16.5. The molecule has 3 aromatic rings. The van der Waals surface area contributed by atoms with E-state index in [1.807, 2.05) is 6.92 Å². The Labute approximate surface area is 167 Å². The second-order valence-electron chi connectivity index (χ2n) is 6.29. The number of aryl methyl sites for hydroxylation is 2. The number of anilines is 1. The van der Waals surface area contributed by atoms with Crippen LogP contribution in [0.4, 0.5) is 5.69 Å². The van der Waals surface area contributed by atoms with Crippen LogP contribution in [0.15, 0.2) is 47.0 Å². The van der Waals surface area contributed by atoms with Gasteiger partial charge in [0.25, 0.3) is 5.91 Å². The third-order valence-corrected chi connectivity index (χ3v) is 4.35. The number of nitrogens with one attached hydrogen (secondary N) is 1. The molecule has 0 atom stereocenters. The normalized spacial score (nSPS) is 10.4. The van der Waals surface area contributed by atoms with Crippen LogP contribution in [-0.2, 0) is 6.61 Å². The Kier molecular flexibility index (Phi) is 5.82. The lowest BCUT2D eigenvalue weighted by Gasteiger charge is -2.13. The molecule has 1 heterocycles. The Bertz CT molecular complexity index is 1040. The summed E-state index contributed by atoms with van der Waals surface area (Å²) >= 11 is 0. The number of methoxy groups -OCH3 is 1. The van der Waals surface area contributed by atoms with E-state index in [0.717, 1.165) is 5.56 Å². The van der Waals surface area contributed by atoms with E-state index in [0.29, 0.717) is 28.6 Å². The summed E-state index contributed by atoms with van der Waals surface area (Å²) in [6.45, 7) is 3.76. The second-order valence-corrected chi connectivity index (χ2v) is 6.29. The Morgan fingerprint density at radius 1 is 1.17 bits per heavy atom. The molecule has 29 heavy (non-hydrogen) atoms. The van der Waals surface area contributed by atoms with Gasteiger partial charge in [-0.3, -0.25) is 4.79 Å².